The number of ether oxygens (including phenoxy) is 3. The number of carbonyl (C=O) groups excluding carboxylic acids is 2. The van der Waals surface area contributed by atoms with Crippen LogP contribution in [0, 0.1) is 0 Å². The summed E-state index contributed by atoms with van der Waals surface area (Å²) >= 11 is 0. The minimum Gasteiger partial charge on any atom is -0.494 e. The van der Waals surface area contributed by atoms with Crippen LogP contribution in [-0.2, 0) is 9.59 Å². The summed E-state index contributed by atoms with van der Waals surface area (Å²) in [6, 6.07) is 10.6. The van der Waals surface area contributed by atoms with E-state index in [1.165, 1.54) is 6.08 Å². The molecule has 1 aliphatic rings. The molecule has 2 amide bonds. The Balaban J connectivity index is 1.70. The van der Waals surface area contributed by atoms with E-state index >= 15 is 0 Å². The lowest BCUT2D eigenvalue weighted by Crippen LogP contribution is -2.24. The van der Waals surface area contributed by atoms with Gasteiger partial charge in [-0.05, 0) is 42.3 Å². The molecule has 1 saturated heterocycles. The predicted octanol–water partition coefficient (Wildman–Crippen LogP) is 3.49. The summed E-state index contributed by atoms with van der Waals surface area (Å²) in [4.78, 5) is 26.0. The van der Waals surface area contributed by atoms with Crippen LogP contribution in [0.3, 0.4) is 0 Å². The number of nitrogens with zero attached hydrogens (tertiary/aromatic N) is 1. The van der Waals surface area contributed by atoms with Crippen molar-refractivity contribution in [3.05, 3.63) is 48.0 Å². The normalized spacial score (nSPS) is 13.6. The molecule has 0 bridgehead atoms. The SMILES string of the molecule is COc1ccc(/C=C/C(=O)Nc2ccc(N3CCCC3=O)c(OC)c2)cc1OC. The highest BCUT2D eigenvalue weighted by atomic mass is 16.5. The maximum absolute atomic E-state index is 12.3. The first-order chi connectivity index (χ1) is 14.0. The summed E-state index contributed by atoms with van der Waals surface area (Å²) in [7, 11) is 4.67. The van der Waals surface area contributed by atoms with E-state index in [1.807, 2.05) is 6.07 Å². The lowest BCUT2D eigenvalue weighted by atomic mass is 10.2. The predicted molar refractivity (Wildman–Crippen MR) is 112 cm³/mol. The summed E-state index contributed by atoms with van der Waals surface area (Å²) in [5.74, 6) is 1.55. The summed E-state index contributed by atoms with van der Waals surface area (Å²) in [5, 5.41) is 2.80. The molecule has 2 aromatic rings. The highest BCUT2D eigenvalue weighted by Crippen LogP contribution is 2.34. The molecule has 0 unspecified atom stereocenters. The van der Waals surface area contributed by atoms with Crippen molar-refractivity contribution in [3.8, 4) is 17.2 Å². The van der Waals surface area contributed by atoms with Gasteiger partial charge in [0.2, 0.25) is 11.8 Å². The Morgan fingerprint density at radius 2 is 1.76 bits per heavy atom. The summed E-state index contributed by atoms with van der Waals surface area (Å²) in [6.45, 7) is 0.676. The number of nitrogens with one attached hydrogen (secondary N) is 1. The van der Waals surface area contributed by atoms with E-state index in [0.717, 1.165) is 12.0 Å². The molecule has 152 valence electrons. The van der Waals surface area contributed by atoms with Gasteiger partial charge in [-0.15, -0.1) is 0 Å². The van der Waals surface area contributed by atoms with Crippen LogP contribution in [0.1, 0.15) is 18.4 Å². The van der Waals surface area contributed by atoms with Gasteiger partial charge in [0.1, 0.15) is 5.75 Å². The molecule has 7 nitrogen and oxygen atoms in total. The summed E-state index contributed by atoms with van der Waals surface area (Å²) in [5.41, 5.74) is 2.10. The van der Waals surface area contributed by atoms with Crippen molar-refractivity contribution in [2.24, 2.45) is 0 Å². The van der Waals surface area contributed by atoms with Gasteiger partial charge in [0, 0.05) is 30.8 Å². The molecule has 0 spiro atoms. The van der Waals surface area contributed by atoms with E-state index in [4.69, 9.17) is 14.2 Å². The lowest BCUT2D eigenvalue weighted by Gasteiger charge is -2.19. The Morgan fingerprint density at radius 3 is 2.41 bits per heavy atom. The molecule has 1 N–H and O–H groups in total. The molecular weight excluding hydrogens is 372 g/mol. The van der Waals surface area contributed by atoms with Gasteiger partial charge in [0.25, 0.3) is 0 Å². The molecule has 0 saturated carbocycles. The number of benzene rings is 2. The van der Waals surface area contributed by atoms with Gasteiger partial charge < -0.3 is 24.4 Å². The maximum Gasteiger partial charge on any atom is 0.248 e. The average Bonchev–Trinajstić information content (AvgIpc) is 3.17. The largest absolute Gasteiger partial charge is 0.494 e. The number of carbonyl (C=O) groups is 2. The van der Waals surface area contributed by atoms with Crippen LogP contribution in [0.25, 0.3) is 6.08 Å². The van der Waals surface area contributed by atoms with Crippen molar-refractivity contribution >= 4 is 29.3 Å². The van der Waals surface area contributed by atoms with Crippen LogP contribution in [0.15, 0.2) is 42.5 Å². The molecule has 1 fully saturated rings. The molecule has 0 atom stereocenters. The number of hydrogen-bond acceptors (Lipinski definition) is 5. The van der Waals surface area contributed by atoms with Crippen molar-refractivity contribution in [3.63, 3.8) is 0 Å². The van der Waals surface area contributed by atoms with Gasteiger partial charge in [-0.25, -0.2) is 0 Å². The highest BCUT2D eigenvalue weighted by molar-refractivity contribution is 6.03. The first-order valence-electron chi connectivity index (χ1n) is 9.25. The molecular formula is C22H24N2O5. The van der Waals surface area contributed by atoms with E-state index in [-0.39, 0.29) is 11.8 Å². The molecule has 1 aliphatic heterocycles. The summed E-state index contributed by atoms with van der Waals surface area (Å²) < 4.78 is 15.9. The van der Waals surface area contributed by atoms with Gasteiger partial charge >= 0.3 is 0 Å². The molecule has 0 aliphatic carbocycles. The van der Waals surface area contributed by atoms with Crippen molar-refractivity contribution in [1.29, 1.82) is 0 Å². The number of hydrogen-bond donors (Lipinski definition) is 1. The van der Waals surface area contributed by atoms with Gasteiger partial charge in [-0.1, -0.05) is 6.07 Å². The Morgan fingerprint density at radius 1 is 1.00 bits per heavy atom. The van der Waals surface area contributed by atoms with Crippen LogP contribution in [-0.4, -0.2) is 39.7 Å². The molecule has 0 aromatic heterocycles. The third-order valence-corrected chi connectivity index (χ3v) is 4.65. The van der Waals surface area contributed by atoms with Crippen molar-refractivity contribution in [2.45, 2.75) is 12.8 Å². The zero-order chi connectivity index (χ0) is 20.8. The first-order valence-corrected chi connectivity index (χ1v) is 9.25. The molecule has 7 heteroatoms. The molecule has 0 radical (unpaired) electrons. The van der Waals surface area contributed by atoms with E-state index in [9.17, 15) is 9.59 Å². The Kier molecular flexibility index (Phi) is 6.39. The molecule has 29 heavy (non-hydrogen) atoms. The third kappa shape index (κ3) is 4.68. The zero-order valence-corrected chi connectivity index (χ0v) is 16.7. The van der Waals surface area contributed by atoms with Crippen molar-refractivity contribution < 1.29 is 23.8 Å². The Bertz CT molecular complexity index is 939. The third-order valence-electron chi connectivity index (χ3n) is 4.65. The van der Waals surface area contributed by atoms with Crippen molar-refractivity contribution in [1.82, 2.24) is 0 Å². The lowest BCUT2D eigenvalue weighted by molar-refractivity contribution is -0.117. The molecule has 2 aromatic carbocycles. The van der Waals surface area contributed by atoms with Crippen LogP contribution < -0.4 is 24.4 Å². The number of rotatable bonds is 7. The van der Waals surface area contributed by atoms with E-state index in [1.54, 1.807) is 62.6 Å². The minimum absolute atomic E-state index is 0.0814. The standard InChI is InChI=1S/C22H24N2O5/c1-27-18-10-6-15(13-20(18)29-3)7-11-21(25)23-16-8-9-17(19(14-16)28-2)24-12-4-5-22(24)26/h6-11,13-14H,4-5,12H2,1-3H3,(H,23,25)/b11-7+. The van der Waals surface area contributed by atoms with Crippen LogP contribution in [0.5, 0.6) is 17.2 Å². The minimum atomic E-state index is -0.285. The average molecular weight is 396 g/mol. The van der Waals surface area contributed by atoms with Crippen molar-refractivity contribution in [2.75, 3.05) is 38.1 Å². The Labute approximate surface area is 169 Å². The quantitative estimate of drug-likeness (QED) is 0.725. The molecule has 3 rings (SSSR count). The van der Waals surface area contributed by atoms with Crippen LogP contribution in [0.2, 0.25) is 0 Å². The first kappa shape index (κ1) is 20.3. The van der Waals surface area contributed by atoms with Crippen LogP contribution >= 0.6 is 0 Å². The fraction of sp³-hybridized carbons (Fsp3) is 0.273. The number of methoxy groups -OCH3 is 3. The molecule has 1 heterocycles. The van der Waals surface area contributed by atoms with Gasteiger partial charge in [0.05, 0.1) is 27.0 Å². The van der Waals surface area contributed by atoms with Gasteiger partial charge in [-0.2, -0.15) is 0 Å². The van der Waals surface area contributed by atoms with Crippen LogP contribution in [0.4, 0.5) is 11.4 Å². The van der Waals surface area contributed by atoms with Gasteiger partial charge in [0.15, 0.2) is 11.5 Å². The fourth-order valence-corrected chi connectivity index (χ4v) is 3.19. The maximum atomic E-state index is 12.3. The second kappa shape index (κ2) is 9.14. The fourth-order valence-electron chi connectivity index (χ4n) is 3.19. The Hall–Kier alpha value is -3.48. The second-order valence-corrected chi connectivity index (χ2v) is 6.47. The highest BCUT2D eigenvalue weighted by Gasteiger charge is 2.24. The number of amides is 2. The summed E-state index contributed by atoms with van der Waals surface area (Å²) in [6.07, 6.45) is 4.50. The topological polar surface area (TPSA) is 77.1 Å². The monoisotopic (exact) mass is 396 g/mol. The van der Waals surface area contributed by atoms with E-state index < -0.39 is 0 Å². The smallest absolute Gasteiger partial charge is 0.248 e. The second-order valence-electron chi connectivity index (χ2n) is 6.47. The van der Waals surface area contributed by atoms with E-state index in [2.05, 4.69) is 5.32 Å². The zero-order valence-electron chi connectivity index (χ0n) is 16.7. The number of anilines is 2. The van der Waals surface area contributed by atoms with E-state index in [0.29, 0.717) is 41.6 Å². The van der Waals surface area contributed by atoms with Gasteiger partial charge in [-0.3, -0.25) is 9.59 Å².